The van der Waals surface area contributed by atoms with Gasteiger partial charge in [0.25, 0.3) is 0 Å². The molecule has 7 heteroatoms. The normalized spacial score (nSPS) is 10.0. The number of halogens is 2. The Morgan fingerprint density at radius 1 is 0.786 bits per heavy atom. The van der Waals surface area contributed by atoms with Crippen LogP contribution in [0.2, 0.25) is 0 Å². The van der Waals surface area contributed by atoms with E-state index in [1.165, 1.54) is 0 Å². The lowest BCUT2D eigenvalue weighted by Crippen LogP contribution is -2.06. The van der Waals surface area contributed by atoms with E-state index in [-0.39, 0.29) is 17.7 Å². The summed E-state index contributed by atoms with van der Waals surface area (Å²) in [5, 5.41) is 8.74. The first kappa shape index (κ1) is 31.6. The molecule has 0 aliphatic heterocycles. The molecule has 0 amide bonds. The summed E-state index contributed by atoms with van der Waals surface area (Å²) in [5.74, 6) is -0.946. The van der Waals surface area contributed by atoms with Crippen molar-refractivity contribution < 1.29 is 27.8 Å². The molecule has 0 bridgehead atoms. The summed E-state index contributed by atoms with van der Waals surface area (Å²) < 4.78 is 45.1. The first-order valence-corrected chi connectivity index (χ1v) is 13.7. The van der Waals surface area contributed by atoms with Crippen LogP contribution in [0.4, 0.5) is 8.78 Å². The predicted molar refractivity (Wildman–Crippen MR) is 160 cm³/mol. The highest BCUT2D eigenvalue weighted by atomic mass is 19.2. The molecule has 0 unspecified atom stereocenters. The van der Waals surface area contributed by atoms with Crippen molar-refractivity contribution in [3.63, 3.8) is 0 Å². The topological polar surface area (TPSA) is 68.6 Å². The lowest BCUT2D eigenvalue weighted by Gasteiger charge is -2.10. The third-order valence-electron chi connectivity index (χ3n) is 6.06. The molecule has 4 rings (SSSR count). The molecule has 4 aromatic carbocycles. The van der Waals surface area contributed by atoms with E-state index in [9.17, 15) is 13.6 Å². The van der Waals surface area contributed by atoms with Crippen LogP contribution in [0.3, 0.4) is 0 Å². The maximum Gasteiger partial charge on any atom is 0.330 e. The quantitative estimate of drug-likeness (QED) is 0.0972. The molecule has 5 nitrogen and oxygen atoms in total. The summed E-state index contributed by atoms with van der Waals surface area (Å²) in [7, 11) is 0. The SMILES string of the molecule is C=CC(=O)OCCCOc1ccc(-c2ccc(-c3ccccc3)c(F)c2F)cc1.CCCCOc1ccccc1C#N. The number of unbranched alkanes of at least 4 members (excludes halogenated alkanes) is 1. The molecule has 0 aliphatic carbocycles. The summed E-state index contributed by atoms with van der Waals surface area (Å²) >= 11 is 0. The van der Waals surface area contributed by atoms with Gasteiger partial charge in [-0.1, -0.05) is 86.7 Å². The van der Waals surface area contributed by atoms with Crippen LogP contribution in [0.5, 0.6) is 11.5 Å². The van der Waals surface area contributed by atoms with E-state index in [1.807, 2.05) is 24.3 Å². The Morgan fingerprint density at radius 2 is 1.38 bits per heavy atom. The molecule has 0 N–H and O–H groups in total. The Bertz CT molecular complexity index is 1480. The van der Waals surface area contributed by atoms with Crippen molar-refractivity contribution in [3.05, 3.63) is 121 Å². The van der Waals surface area contributed by atoms with Crippen LogP contribution in [-0.2, 0) is 9.53 Å². The highest BCUT2D eigenvalue weighted by Crippen LogP contribution is 2.32. The zero-order valence-corrected chi connectivity index (χ0v) is 23.5. The number of esters is 1. The zero-order chi connectivity index (χ0) is 30.2. The molecule has 0 heterocycles. The first-order chi connectivity index (χ1) is 20.5. The minimum atomic E-state index is -0.885. The maximum atomic E-state index is 14.7. The van der Waals surface area contributed by atoms with E-state index in [0.717, 1.165) is 18.9 Å². The second kappa shape index (κ2) is 17.0. The van der Waals surface area contributed by atoms with Gasteiger partial charge in [0.05, 0.1) is 25.4 Å². The van der Waals surface area contributed by atoms with E-state index in [1.54, 1.807) is 66.7 Å². The standard InChI is InChI=1S/C24H20F2O3.C11H13NO/c1-2-22(27)29-16-6-15-28-19-11-9-18(10-12-19)21-14-13-20(23(25)24(21)26)17-7-4-3-5-8-17;1-2-3-8-13-11-7-5-4-6-10(11)9-12/h2-5,7-14H,1,6,15-16H2;4-7H,2-3,8H2,1H3. The number of ether oxygens (including phenoxy) is 3. The molecule has 0 radical (unpaired) electrons. The van der Waals surface area contributed by atoms with E-state index in [0.29, 0.717) is 47.8 Å². The molecule has 0 aliphatic rings. The van der Waals surface area contributed by atoms with Gasteiger partial charge in [-0.15, -0.1) is 0 Å². The van der Waals surface area contributed by atoms with E-state index < -0.39 is 17.6 Å². The fourth-order valence-electron chi connectivity index (χ4n) is 3.84. The largest absolute Gasteiger partial charge is 0.493 e. The fraction of sp³-hybridized carbons (Fsp3) is 0.200. The fourth-order valence-corrected chi connectivity index (χ4v) is 3.84. The number of benzene rings is 4. The molecule has 0 saturated heterocycles. The van der Waals surface area contributed by atoms with Crippen LogP contribution in [0.1, 0.15) is 31.7 Å². The highest BCUT2D eigenvalue weighted by Gasteiger charge is 2.16. The number of hydrogen-bond donors (Lipinski definition) is 0. The van der Waals surface area contributed by atoms with Crippen LogP contribution in [0, 0.1) is 23.0 Å². The van der Waals surface area contributed by atoms with Gasteiger partial charge in [0.15, 0.2) is 11.6 Å². The van der Waals surface area contributed by atoms with Crippen molar-refractivity contribution in [1.29, 1.82) is 5.26 Å². The molecule has 4 aromatic rings. The van der Waals surface area contributed by atoms with Gasteiger partial charge in [0.2, 0.25) is 0 Å². The highest BCUT2D eigenvalue weighted by molar-refractivity contribution is 5.81. The number of carbonyl (C=O) groups excluding carboxylic acids is 1. The Labute approximate surface area is 245 Å². The van der Waals surface area contributed by atoms with Gasteiger partial charge >= 0.3 is 5.97 Å². The van der Waals surface area contributed by atoms with Crippen molar-refractivity contribution in [2.45, 2.75) is 26.2 Å². The smallest absolute Gasteiger partial charge is 0.330 e. The van der Waals surface area contributed by atoms with E-state index >= 15 is 0 Å². The van der Waals surface area contributed by atoms with Gasteiger partial charge in [0.1, 0.15) is 17.6 Å². The number of carbonyl (C=O) groups is 1. The molecule has 0 fully saturated rings. The van der Waals surface area contributed by atoms with Crippen LogP contribution in [-0.4, -0.2) is 25.8 Å². The number of nitrogens with zero attached hydrogens (tertiary/aromatic N) is 1. The van der Waals surface area contributed by atoms with Crippen molar-refractivity contribution in [1.82, 2.24) is 0 Å². The Balaban J connectivity index is 0.000000312. The predicted octanol–water partition coefficient (Wildman–Crippen LogP) is 8.53. The summed E-state index contributed by atoms with van der Waals surface area (Å²) in [5.41, 5.74) is 2.19. The van der Waals surface area contributed by atoms with Crippen molar-refractivity contribution in [2.24, 2.45) is 0 Å². The molecule has 0 saturated carbocycles. The van der Waals surface area contributed by atoms with E-state index in [4.69, 9.17) is 19.5 Å². The van der Waals surface area contributed by atoms with Crippen molar-refractivity contribution in [3.8, 4) is 39.8 Å². The van der Waals surface area contributed by atoms with Crippen LogP contribution >= 0.6 is 0 Å². The average Bonchev–Trinajstić information content (AvgIpc) is 3.03. The Hall–Kier alpha value is -4.96. The molecular weight excluding hydrogens is 536 g/mol. The lowest BCUT2D eigenvalue weighted by molar-refractivity contribution is -0.137. The van der Waals surface area contributed by atoms with Gasteiger partial charge in [-0.25, -0.2) is 13.6 Å². The minimum absolute atomic E-state index is 0.185. The second-order valence-electron chi connectivity index (χ2n) is 9.06. The average molecular weight is 570 g/mol. The molecular formula is C35H33F2NO4. The molecule has 42 heavy (non-hydrogen) atoms. The first-order valence-electron chi connectivity index (χ1n) is 13.7. The third-order valence-corrected chi connectivity index (χ3v) is 6.06. The summed E-state index contributed by atoms with van der Waals surface area (Å²) in [4.78, 5) is 10.9. The van der Waals surface area contributed by atoms with Gasteiger partial charge in [-0.2, -0.15) is 5.26 Å². The maximum absolute atomic E-state index is 14.7. The summed E-state index contributed by atoms with van der Waals surface area (Å²) in [6, 6.07) is 28.1. The second-order valence-corrected chi connectivity index (χ2v) is 9.06. The van der Waals surface area contributed by atoms with Gasteiger partial charge in [-0.05, 0) is 41.8 Å². The van der Waals surface area contributed by atoms with Crippen molar-refractivity contribution in [2.75, 3.05) is 19.8 Å². The van der Waals surface area contributed by atoms with Crippen LogP contribution < -0.4 is 9.47 Å². The zero-order valence-electron chi connectivity index (χ0n) is 23.5. The molecule has 0 aromatic heterocycles. The molecule has 0 atom stereocenters. The lowest BCUT2D eigenvalue weighted by atomic mass is 9.99. The van der Waals surface area contributed by atoms with Crippen molar-refractivity contribution >= 4 is 5.97 Å². The Kier molecular flexibility index (Phi) is 12.8. The number of rotatable bonds is 12. The number of nitriles is 1. The van der Waals surface area contributed by atoms with Gasteiger partial charge in [0, 0.05) is 23.6 Å². The number of para-hydroxylation sites is 1. The van der Waals surface area contributed by atoms with Crippen LogP contribution in [0.25, 0.3) is 22.3 Å². The third kappa shape index (κ3) is 9.31. The molecule has 216 valence electrons. The monoisotopic (exact) mass is 569 g/mol. The molecule has 0 spiro atoms. The van der Waals surface area contributed by atoms with E-state index in [2.05, 4.69) is 19.6 Å². The van der Waals surface area contributed by atoms with Gasteiger partial charge in [-0.3, -0.25) is 0 Å². The van der Waals surface area contributed by atoms with Gasteiger partial charge < -0.3 is 14.2 Å². The number of hydrogen-bond acceptors (Lipinski definition) is 5. The Morgan fingerprint density at radius 3 is 2.00 bits per heavy atom. The minimum Gasteiger partial charge on any atom is -0.493 e. The van der Waals surface area contributed by atoms with Crippen LogP contribution in [0.15, 0.2) is 104 Å². The summed E-state index contributed by atoms with van der Waals surface area (Å²) in [6.45, 7) is 6.71. The summed E-state index contributed by atoms with van der Waals surface area (Å²) in [6.07, 6.45) is 3.77.